The number of carboxylic acid groups (broad SMARTS) is 1. The molecule has 2 aromatic rings. The lowest BCUT2D eigenvalue weighted by Gasteiger charge is -2.12. The van der Waals surface area contributed by atoms with Gasteiger partial charge < -0.3 is 24.2 Å². The summed E-state index contributed by atoms with van der Waals surface area (Å²) in [5, 5.41) is 13.2. The van der Waals surface area contributed by atoms with E-state index in [9.17, 15) is 4.79 Å². The van der Waals surface area contributed by atoms with E-state index in [1.54, 1.807) is 31.3 Å². The second kappa shape index (κ2) is 12.4. The summed E-state index contributed by atoms with van der Waals surface area (Å²) in [4.78, 5) is 20.7. The van der Waals surface area contributed by atoms with Crippen LogP contribution in [0, 0.1) is 0 Å². The van der Waals surface area contributed by atoms with Gasteiger partial charge in [0.15, 0.2) is 12.7 Å². The predicted molar refractivity (Wildman–Crippen MR) is 112 cm³/mol. The van der Waals surface area contributed by atoms with Gasteiger partial charge in [-0.05, 0) is 44.5 Å². The second-order valence-electron chi connectivity index (χ2n) is 6.31. The summed E-state index contributed by atoms with van der Waals surface area (Å²) in [7, 11) is 0. The Hall–Kier alpha value is -3.13. The van der Waals surface area contributed by atoms with Crippen molar-refractivity contribution in [3.8, 4) is 11.6 Å². The van der Waals surface area contributed by atoms with Crippen molar-refractivity contribution in [3.05, 3.63) is 53.7 Å². The third-order valence-electron chi connectivity index (χ3n) is 4.08. The van der Waals surface area contributed by atoms with Gasteiger partial charge in [0.05, 0.1) is 12.3 Å². The molecule has 0 bridgehead atoms. The molecule has 2 rings (SSSR count). The Kier molecular flexibility index (Phi) is 9.60. The van der Waals surface area contributed by atoms with Crippen LogP contribution < -0.4 is 9.47 Å². The van der Waals surface area contributed by atoms with Crippen molar-refractivity contribution < 1.29 is 28.9 Å². The summed E-state index contributed by atoms with van der Waals surface area (Å²) in [6, 6.07) is 10.9. The average Bonchev–Trinajstić information content (AvgIpc) is 2.75. The SMILES string of the molecule is CCOc1ccc(/C(C)=N\OCCOc2ccc(CC(OCC)C(=O)O)cc2)cn1. The zero-order valence-corrected chi connectivity index (χ0v) is 17.5. The molecule has 1 aromatic heterocycles. The van der Waals surface area contributed by atoms with E-state index in [1.165, 1.54) is 0 Å². The fourth-order valence-electron chi connectivity index (χ4n) is 2.57. The third-order valence-corrected chi connectivity index (χ3v) is 4.08. The van der Waals surface area contributed by atoms with E-state index < -0.39 is 12.1 Å². The monoisotopic (exact) mass is 416 g/mol. The van der Waals surface area contributed by atoms with Crippen LogP contribution in [0.4, 0.5) is 0 Å². The summed E-state index contributed by atoms with van der Waals surface area (Å²) < 4.78 is 16.2. The van der Waals surface area contributed by atoms with Crippen molar-refractivity contribution in [3.63, 3.8) is 0 Å². The fraction of sp³-hybridized carbons (Fsp3) is 0.409. The van der Waals surface area contributed by atoms with Crippen LogP contribution in [0.3, 0.4) is 0 Å². The number of aliphatic carboxylic acids is 1. The molecule has 0 fully saturated rings. The molecular formula is C22H28N2O6. The van der Waals surface area contributed by atoms with Crippen LogP contribution in [0.15, 0.2) is 47.8 Å². The minimum absolute atomic E-state index is 0.287. The molecule has 0 aliphatic carbocycles. The number of carboxylic acids is 1. The largest absolute Gasteiger partial charge is 0.490 e. The Morgan fingerprint density at radius 2 is 1.83 bits per heavy atom. The van der Waals surface area contributed by atoms with Gasteiger partial charge in [-0.1, -0.05) is 17.3 Å². The highest BCUT2D eigenvalue weighted by Crippen LogP contribution is 2.15. The zero-order chi connectivity index (χ0) is 21.8. The van der Waals surface area contributed by atoms with E-state index in [4.69, 9.17) is 24.2 Å². The maximum atomic E-state index is 11.2. The van der Waals surface area contributed by atoms with Crippen molar-refractivity contribution in [1.82, 2.24) is 4.98 Å². The number of ether oxygens (including phenoxy) is 3. The Morgan fingerprint density at radius 1 is 1.07 bits per heavy atom. The molecule has 0 radical (unpaired) electrons. The van der Waals surface area contributed by atoms with Crippen molar-refractivity contribution in [2.75, 3.05) is 26.4 Å². The van der Waals surface area contributed by atoms with Gasteiger partial charge in [-0.3, -0.25) is 0 Å². The van der Waals surface area contributed by atoms with Gasteiger partial charge in [0, 0.05) is 30.9 Å². The lowest BCUT2D eigenvalue weighted by molar-refractivity contribution is -0.149. The van der Waals surface area contributed by atoms with E-state index in [1.807, 2.05) is 32.0 Å². The molecule has 0 saturated carbocycles. The molecule has 1 N–H and O–H groups in total. The van der Waals surface area contributed by atoms with E-state index >= 15 is 0 Å². The van der Waals surface area contributed by atoms with Crippen LogP contribution in [0.25, 0.3) is 0 Å². The fourth-order valence-corrected chi connectivity index (χ4v) is 2.57. The first kappa shape index (κ1) is 23.2. The molecule has 162 valence electrons. The molecule has 0 aliphatic heterocycles. The van der Waals surface area contributed by atoms with Gasteiger partial charge in [-0.25, -0.2) is 9.78 Å². The normalized spacial score (nSPS) is 12.3. The van der Waals surface area contributed by atoms with Crippen LogP contribution in [0.5, 0.6) is 11.6 Å². The van der Waals surface area contributed by atoms with Gasteiger partial charge in [-0.2, -0.15) is 0 Å². The number of carbonyl (C=O) groups is 1. The third kappa shape index (κ3) is 7.71. The molecule has 30 heavy (non-hydrogen) atoms. The lowest BCUT2D eigenvalue weighted by Crippen LogP contribution is -2.26. The molecule has 1 atom stereocenters. The molecule has 8 nitrogen and oxygen atoms in total. The first-order valence-electron chi connectivity index (χ1n) is 9.85. The van der Waals surface area contributed by atoms with Crippen LogP contribution >= 0.6 is 0 Å². The summed E-state index contributed by atoms with van der Waals surface area (Å²) >= 11 is 0. The Balaban J connectivity index is 1.74. The average molecular weight is 416 g/mol. The number of hydrogen-bond donors (Lipinski definition) is 1. The van der Waals surface area contributed by atoms with Crippen LogP contribution in [-0.4, -0.2) is 54.3 Å². The van der Waals surface area contributed by atoms with Gasteiger partial charge in [0.2, 0.25) is 5.88 Å². The first-order chi connectivity index (χ1) is 14.5. The number of benzene rings is 1. The van der Waals surface area contributed by atoms with Gasteiger partial charge >= 0.3 is 5.97 Å². The Labute approximate surface area is 176 Å². The maximum Gasteiger partial charge on any atom is 0.333 e. The molecule has 1 aromatic carbocycles. The molecule has 0 aliphatic rings. The Bertz CT molecular complexity index is 805. The number of oxime groups is 1. The van der Waals surface area contributed by atoms with Gasteiger partial charge in [0.25, 0.3) is 0 Å². The molecule has 1 unspecified atom stereocenters. The summed E-state index contributed by atoms with van der Waals surface area (Å²) in [6.07, 6.45) is 1.15. The van der Waals surface area contributed by atoms with E-state index in [0.29, 0.717) is 43.6 Å². The molecule has 0 spiro atoms. The van der Waals surface area contributed by atoms with Crippen molar-refractivity contribution in [2.24, 2.45) is 5.16 Å². The minimum Gasteiger partial charge on any atom is -0.490 e. The van der Waals surface area contributed by atoms with Crippen LogP contribution in [-0.2, 0) is 20.8 Å². The minimum atomic E-state index is -0.966. The number of aromatic nitrogens is 1. The van der Waals surface area contributed by atoms with E-state index in [2.05, 4.69) is 10.1 Å². The van der Waals surface area contributed by atoms with Crippen LogP contribution in [0.1, 0.15) is 31.9 Å². The molecule has 0 saturated heterocycles. The predicted octanol–water partition coefficient (Wildman–Crippen LogP) is 3.33. The standard InChI is InChI=1S/C22H28N2O6/c1-4-27-20(22(25)26)14-17-6-9-19(10-7-17)29-12-13-30-24-16(3)18-8-11-21(23-15-18)28-5-2/h6-11,15,20H,4-5,12-14H2,1-3H3,(H,25,26)/b24-16-. The number of nitrogens with zero attached hydrogens (tertiary/aromatic N) is 2. The van der Waals surface area contributed by atoms with Gasteiger partial charge in [0.1, 0.15) is 12.4 Å². The van der Waals surface area contributed by atoms with Crippen molar-refractivity contribution in [2.45, 2.75) is 33.3 Å². The summed E-state index contributed by atoms with van der Waals surface area (Å²) in [5.41, 5.74) is 2.42. The van der Waals surface area contributed by atoms with E-state index in [-0.39, 0.29) is 6.61 Å². The molecule has 8 heteroatoms. The Morgan fingerprint density at radius 3 is 2.43 bits per heavy atom. The highest BCUT2D eigenvalue weighted by Gasteiger charge is 2.17. The topological polar surface area (TPSA) is 99.5 Å². The number of pyridine rings is 1. The highest BCUT2D eigenvalue weighted by atomic mass is 16.6. The van der Waals surface area contributed by atoms with Crippen LogP contribution in [0.2, 0.25) is 0 Å². The number of hydrogen-bond acceptors (Lipinski definition) is 7. The van der Waals surface area contributed by atoms with Gasteiger partial charge in [-0.15, -0.1) is 0 Å². The van der Waals surface area contributed by atoms with Crippen molar-refractivity contribution in [1.29, 1.82) is 0 Å². The molecule has 0 amide bonds. The quantitative estimate of drug-likeness (QED) is 0.304. The number of rotatable bonds is 13. The van der Waals surface area contributed by atoms with Crippen molar-refractivity contribution >= 4 is 11.7 Å². The maximum absolute atomic E-state index is 11.2. The first-order valence-corrected chi connectivity index (χ1v) is 9.85. The second-order valence-corrected chi connectivity index (χ2v) is 6.31. The summed E-state index contributed by atoms with van der Waals surface area (Å²) in [6.45, 7) is 7.06. The zero-order valence-electron chi connectivity index (χ0n) is 17.5. The lowest BCUT2D eigenvalue weighted by atomic mass is 10.1. The smallest absolute Gasteiger partial charge is 0.333 e. The highest BCUT2D eigenvalue weighted by molar-refractivity contribution is 5.98. The summed E-state index contributed by atoms with van der Waals surface area (Å²) in [5.74, 6) is 0.277. The molecular weight excluding hydrogens is 388 g/mol. The van der Waals surface area contributed by atoms with E-state index in [0.717, 1.165) is 11.1 Å². The molecule has 1 heterocycles.